The lowest BCUT2D eigenvalue weighted by molar-refractivity contribution is -0.115. The molecule has 0 saturated carbocycles. The zero-order chi connectivity index (χ0) is 18.7. The molecule has 0 unspecified atom stereocenters. The van der Waals surface area contributed by atoms with Gasteiger partial charge in [-0.2, -0.15) is 0 Å². The molecular weight excluding hydrogens is 447 g/mol. The number of ether oxygens (including phenoxy) is 2. The molecule has 26 heavy (non-hydrogen) atoms. The molecule has 0 spiro atoms. The summed E-state index contributed by atoms with van der Waals surface area (Å²) in [6.07, 6.45) is 1.59. The Labute approximate surface area is 164 Å². The molecule has 0 atom stereocenters. The highest BCUT2D eigenvalue weighted by molar-refractivity contribution is 14.1. The van der Waals surface area contributed by atoms with Crippen LogP contribution in [0.2, 0.25) is 0 Å². The summed E-state index contributed by atoms with van der Waals surface area (Å²) >= 11 is 2.16. The second-order valence-corrected chi connectivity index (χ2v) is 6.94. The third-order valence-corrected chi connectivity index (χ3v) is 4.55. The highest BCUT2D eigenvalue weighted by atomic mass is 127. The first kappa shape index (κ1) is 18.2. The Hall–Kier alpha value is -2.55. The van der Waals surface area contributed by atoms with Gasteiger partial charge in [-0.1, -0.05) is 29.8 Å². The fraction of sp³-hybridized carbons (Fsp3) is 0.158. The van der Waals surface area contributed by atoms with Gasteiger partial charge in [0.25, 0.3) is 5.91 Å². The molecule has 1 aliphatic heterocycles. The van der Waals surface area contributed by atoms with Crippen molar-refractivity contribution in [2.75, 3.05) is 7.11 Å². The maximum absolute atomic E-state index is 11.7. The zero-order valence-electron chi connectivity index (χ0n) is 14.3. The second-order valence-electron chi connectivity index (χ2n) is 5.78. The Morgan fingerprint density at radius 2 is 1.96 bits per heavy atom. The number of nitrogens with one attached hydrogen (secondary N) is 2. The number of imide groups is 1. The van der Waals surface area contributed by atoms with Crippen molar-refractivity contribution in [3.8, 4) is 11.5 Å². The number of hydrogen-bond donors (Lipinski definition) is 2. The minimum Gasteiger partial charge on any atom is -0.493 e. The number of hydrogen-bond acceptors (Lipinski definition) is 4. The standard InChI is InChI=1S/C19H17IN2O4/c1-11-4-3-5-12(6-11)10-26-17-14(20)7-13(9-16(17)25-2)8-15-18(23)22-19(24)21-15/h3-9H,10H2,1-2H3,(H2,21,22,23,24)/b15-8+. The van der Waals surface area contributed by atoms with E-state index in [1.807, 2.05) is 31.2 Å². The third-order valence-electron chi connectivity index (χ3n) is 3.75. The Kier molecular flexibility index (Phi) is 5.46. The zero-order valence-corrected chi connectivity index (χ0v) is 16.4. The van der Waals surface area contributed by atoms with Crippen molar-refractivity contribution in [3.05, 3.63) is 62.4 Å². The Bertz CT molecular complexity index is 908. The highest BCUT2D eigenvalue weighted by Gasteiger charge is 2.23. The van der Waals surface area contributed by atoms with Gasteiger partial charge in [0.2, 0.25) is 0 Å². The van der Waals surface area contributed by atoms with Gasteiger partial charge < -0.3 is 14.8 Å². The monoisotopic (exact) mass is 464 g/mol. The number of rotatable bonds is 5. The van der Waals surface area contributed by atoms with Crippen molar-refractivity contribution in [2.45, 2.75) is 13.5 Å². The number of carbonyl (C=O) groups is 2. The van der Waals surface area contributed by atoms with Crippen LogP contribution in [-0.2, 0) is 11.4 Å². The molecule has 1 aliphatic rings. The number of methoxy groups -OCH3 is 1. The molecule has 6 nitrogen and oxygen atoms in total. The van der Waals surface area contributed by atoms with Crippen LogP contribution in [0.3, 0.4) is 0 Å². The lowest BCUT2D eigenvalue weighted by atomic mass is 10.1. The molecule has 2 aromatic carbocycles. The molecule has 2 aromatic rings. The van der Waals surface area contributed by atoms with Gasteiger partial charge in [0, 0.05) is 0 Å². The lowest BCUT2D eigenvalue weighted by Crippen LogP contribution is -2.22. The summed E-state index contributed by atoms with van der Waals surface area (Å²) in [7, 11) is 1.56. The molecule has 1 heterocycles. The van der Waals surface area contributed by atoms with Crippen molar-refractivity contribution in [2.24, 2.45) is 0 Å². The number of benzene rings is 2. The van der Waals surface area contributed by atoms with E-state index in [2.05, 4.69) is 39.3 Å². The summed E-state index contributed by atoms with van der Waals surface area (Å²) in [5, 5.41) is 4.63. The average Bonchev–Trinajstić information content (AvgIpc) is 2.90. The van der Waals surface area contributed by atoms with E-state index in [9.17, 15) is 9.59 Å². The van der Waals surface area contributed by atoms with E-state index in [-0.39, 0.29) is 5.70 Å². The quantitative estimate of drug-likeness (QED) is 0.404. The van der Waals surface area contributed by atoms with Crippen molar-refractivity contribution in [3.63, 3.8) is 0 Å². The van der Waals surface area contributed by atoms with Crippen molar-refractivity contribution >= 4 is 40.6 Å². The summed E-state index contributed by atoms with van der Waals surface area (Å²) in [4.78, 5) is 22.9. The van der Waals surface area contributed by atoms with E-state index in [1.54, 1.807) is 19.3 Å². The number of halogens is 1. The highest BCUT2D eigenvalue weighted by Crippen LogP contribution is 2.35. The van der Waals surface area contributed by atoms with Crippen LogP contribution in [0, 0.1) is 10.5 Å². The summed E-state index contributed by atoms with van der Waals surface area (Å²) in [5.74, 6) is 0.738. The predicted molar refractivity (Wildman–Crippen MR) is 106 cm³/mol. The second kappa shape index (κ2) is 7.77. The van der Waals surface area contributed by atoms with Crippen LogP contribution in [0.4, 0.5) is 4.79 Å². The fourth-order valence-electron chi connectivity index (χ4n) is 2.57. The van der Waals surface area contributed by atoms with Crippen LogP contribution in [-0.4, -0.2) is 19.0 Å². The molecule has 3 amide bonds. The minimum absolute atomic E-state index is 0.196. The van der Waals surface area contributed by atoms with Crippen molar-refractivity contribution < 1.29 is 19.1 Å². The van der Waals surface area contributed by atoms with Gasteiger partial charge in [-0.15, -0.1) is 0 Å². The summed E-state index contributed by atoms with van der Waals surface area (Å²) in [5.41, 5.74) is 3.16. The molecule has 2 N–H and O–H groups in total. The largest absolute Gasteiger partial charge is 0.493 e. The van der Waals surface area contributed by atoms with Crippen LogP contribution < -0.4 is 20.1 Å². The molecule has 1 saturated heterocycles. The Morgan fingerprint density at radius 3 is 2.62 bits per heavy atom. The molecule has 0 aliphatic carbocycles. The van der Waals surface area contributed by atoms with Crippen LogP contribution in [0.25, 0.3) is 6.08 Å². The Morgan fingerprint density at radius 1 is 1.15 bits per heavy atom. The number of aryl methyl sites for hydroxylation is 1. The molecule has 1 fully saturated rings. The molecule has 0 bridgehead atoms. The lowest BCUT2D eigenvalue weighted by Gasteiger charge is -2.14. The molecule has 0 radical (unpaired) electrons. The van der Waals surface area contributed by atoms with Crippen LogP contribution >= 0.6 is 22.6 Å². The predicted octanol–water partition coefficient (Wildman–Crippen LogP) is 3.37. The van der Waals surface area contributed by atoms with Gasteiger partial charge in [-0.25, -0.2) is 4.79 Å². The normalized spacial score (nSPS) is 15.0. The van der Waals surface area contributed by atoms with E-state index in [1.165, 1.54) is 5.56 Å². The third kappa shape index (κ3) is 4.16. The average molecular weight is 464 g/mol. The maximum atomic E-state index is 11.7. The first-order chi connectivity index (χ1) is 12.5. The van der Waals surface area contributed by atoms with Gasteiger partial charge in [-0.05, 0) is 58.9 Å². The topological polar surface area (TPSA) is 76.7 Å². The van der Waals surface area contributed by atoms with Gasteiger partial charge in [0.05, 0.1) is 10.7 Å². The minimum atomic E-state index is -0.527. The van der Waals surface area contributed by atoms with Gasteiger partial charge >= 0.3 is 6.03 Å². The fourth-order valence-corrected chi connectivity index (χ4v) is 3.35. The number of urea groups is 1. The molecule has 0 aromatic heterocycles. The summed E-state index contributed by atoms with van der Waals surface area (Å²) in [6, 6.07) is 11.2. The molecule has 7 heteroatoms. The van der Waals surface area contributed by atoms with Crippen molar-refractivity contribution in [1.29, 1.82) is 0 Å². The van der Waals surface area contributed by atoms with E-state index in [4.69, 9.17) is 9.47 Å². The van der Waals surface area contributed by atoms with E-state index >= 15 is 0 Å². The summed E-state index contributed by atoms with van der Waals surface area (Å²) < 4.78 is 12.2. The van der Waals surface area contributed by atoms with E-state index in [0.717, 1.165) is 14.7 Å². The molecule has 134 valence electrons. The Balaban J connectivity index is 1.84. The SMILES string of the molecule is COc1cc(/C=C2/NC(=O)NC2=O)cc(I)c1OCc1cccc(C)c1. The summed E-state index contributed by atoms with van der Waals surface area (Å²) in [6.45, 7) is 2.46. The molecular formula is C19H17IN2O4. The maximum Gasteiger partial charge on any atom is 0.326 e. The van der Waals surface area contributed by atoms with Crippen molar-refractivity contribution in [1.82, 2.24) is 10.6 Å². The van der Waals surface area contributed by atoms with E-state index in [0.29, 0.717) is 18.1 Å². The molecule has 3 rings (SSSR count). The smallest absolute Gasteiger partial charge is 0.326 e. The van der Waals surface area contributed by atoms with E-state index < -0.39 is 11.9 Å². The van der Waals surface area contributed by atoms with Crippen LogP contribution in [0.1, 0.15) is 16.7 Å². The van der Waals surface area contributed by atoms with Gasteiger partial charge in [0.1, 0.15) is 12.3 Å². The van der Waals surface area contributed by atoms with Crippen LogP contribution in [0.5, 0.6) is 11.5 Å². The first-order valence-corrected chi connectivity index (χ1v) is 8.94. The number of amides is 3. The first-order valence-electron chi connectivity index (χ1n) is 7.86. The van der Waals surface area contributed by atoms with Gasteiger partial charge in [0.15, 0.2) is 11.5 Å². The van der Waals surface area contributed by atoms with Crippen LogP contribution in [0.15, 0.2) is 42.1 Å². The van der Waals surface area contributed by atoms with Gasteiger partial charge in [-0.3, -0.25) is 10.1 Å². The number of carbonyl (C=O) groups excluding carboxylic acids is 2.